The molecule has 3 N–H and O–H groups in total. The van der Waals surface area contributed by atoms with Gasteiger partial charge in [-0.2, -0.15) is 13.2 Å². The van der Waals surface area contributed by atoms with Crippen LogP contribution in [0.15, 0.2) is 84.9 Å². The summed E-state index contributed by atoms with van der Waals surface area (Å²) in [6.45, 7) is 3.85. The van der Waals surface area contributed by atoms with Crippen molar-refractivity contribution in [2.45, 2.75) is 26.2 Å². The largest absolute Gasteiger partial charge is 0.490 e. The van der Waals surface area contributed by atoms with E-state index in [2.05, 4.69) is 96.1 Å². The number of hydrogen-bond acceptors (Lipinski definition) is 4. The molecule has 190 valence electrons. The van der Waals surface area contributed by atoms with Crippen LogP contribution in [-0.2, 0) is 17.9 Å². The highest BCUT2D eigenvalue weighted by molar-refractivity contribution is 7.18. The summed E-state index contributed by atoms with van der Waals surface area (Å²) in [4.78, 5) is 19.6. The average Bonchev–Trinajstić information content (AvgIpc) is 3.53. The summed E-state index contributed by atoms with van der Waals surface area (Å²) in [5.74, 6) is -1.82. The number of aliphatic carboxylic acids is 1. The van der Waals surface area contributed by atoms with Gasteiger partial charge in [-0.25, -0.2) is 9.78 Å². The van der Waals surface area contributed by atoms with E-state index in [0.717, 1.165) is 34.8 Å². The first-order valence-electron chi connectivity index (χ1n) is 11.4. The van der Waals surface area contributed by atoms with Crippen LogP contribution >= 0.6 is 11.3 Å². The first-order valence-corrected chi connectivity index (χ1v) is 12.2. The molecular formula is C28H24F3N3O2S. The molecule has 0 unspecified atom stereocenters. The lowest BCUT2D eigenvalue weighted by Gasteiger charge is -2.06. The van der Waals surface area contributed by atoms with E-state index in [9.17, 15) is 13.2 Å². The number of aryl methyl sites for hydroxylation is 1. The van der Waals surface area contributed by atoms with Gasteiger partial charge >= 0.3 is 12.1 Å². The zero-order chi connectivity index (χ0) is 26.4. The maximum absolute atomic E-state index is 10.6. The average molecular weight is 524 g/mol. The second kappa shape index (κ2) is 11.4. The molecule has 5 aromatic rings. The van der Waals surface area contributed by atoms with E-state index in [1.54, 1.807) is 11.3 Å². The number of benzene rings is 3. The summed E-state index contributed by atoms with van der Waals surface area (Å²) < 4.78 is 31.7. The van der Waals surface area contributed by atoms with Gasteiger partial charge in [0, 0.05) is 18.0 Å². The molecule has 0 amide bonds. The summed E-state index contributed by atoms with van der Waals surface area (Å²) in [5.41, 5.74) is 7.18. The number of aromatic amines is 1. The number of halogens is 3. The predicted octanol–water partition coefficient (Wildman–Crippen LogP) is 7.19. The maximum Gasteiger partial charge on any atom is 0.490 e. The van der Waals surface area contributed by atoms with Crippen LogP contribution in [-0.4, -0.2) is 27.2 Å². The van der Waals surface area contributed by atoms with Crippen LogP contribution < -0.4 is 5.32 Å². The van der Waals surface area contributed by atoms with E-state index < -0.39 is 12.1 Å². The van der Waals surface area contributed by atoms with Gasteiger partial charge < -0.3 is 15.4 Å². The molecule has 2 aromatic heterocycles. The van der Waals surface area contributed by atoms with Gasteiger partial charge in [0.1, 0.15) is 5.82 Å². The molecular weight excluding hydrogens is 499 g/mol. The summed E-state index contributed by atoms with van der Waals surface area (Å²) in [6, 6.07) is 29.9. The zero-order valence-corrected chi connectivity index (χ0v) is 20.7. The Morgan fingerprint density at radius 2 is 1.51 bits per heavy atom. The van der Waals surface area contributed by atoms with Gasteiger partial charge in [-0.1, -0.05) is 66.7 Å². The standard InChI is InChI=1S/C26H23N3S.C2HF3O2/c1-18-6-5-9-22-25(18)29-26(28-22)24-15-14-23(30-24)21-12-10-20(11-13-21)17-27-16-19-7-3-2-4-8-19;3-2(4,5)1(6)7/h2-15,27H,16-17H2,1H3,(H,28,29);(H,6,7). The van der Waals surface area contributed by atoms with Gasteiger partial charge in [-0.3, -0.25) is 0 Å². The molecule has 37 heavy (non-hydrogen) atoms. The molecule has 5 nitrogen and oxygen atoms in total. The van der Waals surface area contributed by atoms with Crippen molar-refractivity contribution in [2.24, 2.45) is 0 Å². The smallest absolute Gasteiger partial charge is 0.475 e. The van der Waals surface area contributed by atoms with Gasteiger partial charge in [0.25, 0.3) is 0 Å². The number of aromatic nitrogens is 2. The van der Waals surface area contributed by atoms with Crippen LogP contribution in [0.4, 0.5) is 13.2 Å². The minimum Gasteiger partial charge on any atom is -0.475 e. The van der Waals surface area contributed by atoms with Crippen LogP contribution in [0.5, 0.6) is 0 Å². The second-order valence-corrected chi connectivity index (χ2v) is 9.39. The molecule has 0 aliphatic rings. The van der Waals surface area contributed by atoms with Gasteiger partial charge in [-0.15, -0.1) is 11.3 Å². The highest BCUT2D eigenvalue weighted by Gasteiger charge is 2.38. The number of carbonyl (C=O) groups is 1. The number of imidazole rings is 1. The fourth-order valence-corrected chi connectivity index (χ4v) is 4.60. The number of nitrogens with zero attached hydrogens (tertiary/aromatic N) is 1. The summed E-state index contributed by atoms with van der Waals surface area (Å²) in [6.07, 6.45) is -5.08. The summed E-state index contributed by atoms with van der Waals surface area (Å²) in [7, 11) is 0. The highest BCUT2D eigenvalue weighted by atomic mass is 32.1. The Labute approximate surface area is 215 Å². The van der Waals surface area contributed by atoms with E-state index >= 15 is 0 Å². The number of para-hydroxylation sites is 1. The lowest BCUT2D eigenvalue weighted by molar-refractivity contribution is -0.192. The lowest BCUT2D eigenvalue weighted by Crippen LogP contribution is -2.21. The van der Waals surface area contributed by atoms with Crippen molar-refractivity contribution >= 4 is 28.3 Å². The summed E-state index contributed by atoms with van der Waals surface area (Å²) >= 11 is 1.77. The third-order valence-electron chi connectivity index (χ3n) is 5.54. The van der Waals surface area contributed by atoms with E-state index in [0.29, 0.717) is 0 Å². The van der Waals surface area contributed by atoms with Crippen LogP contribution in [0, 0.1) is 6.92 Å². The third kappa shape index (κ3) is 6.84. The zero-order valence-electron chi connectivity index (χ0n) is 19.8. The third-order valence-corrected chi connectivity index (χ3v) is 6.68. The van der Waals surface area contributed by atoms with Crippen LogP contribution in [0.3, 0.4) is 0 Å². The van der Waals surface area contributed by atoms with Crippen LogP contribution in [0.25, 0.3) is 32.2 Å². The van der Waals surface area contributed by atoms with Crippen LogP contribution in [0.1, 0.15) is 16.7 Å². The molecule has 0 saturated carbocycles. The molecule has 2 heterocycles. The van der Waals surface area contributed by atoms with Gasteiger partial charge in [0.15, 0.2) is 0 Å². The molecule has 0 aliphatic heterocycles. The molecule has 0 atom stereocenters. The van der Waals surface area contributed by atoms with Gasteiger partial charge in [0.2, 0.25) is 0 Å². The minimum absolute atomic E-state index is 0.864. The Kier molecular flexibility index (Phi) is 8.05. The number of carboxylic acids is 1. The first-order chi connectivity index (χ1) is 17.7. The number of alkyl halides is 3. The van der Waals surface area contributed by atoms with Crippen molar-refractivity contribution in [3.63, 3.8) is 0 Å². The molecule has 5 rings (SSSR count). The number of H-pyrrole nitrogens is 1. The number of fused-ring (bicyclic) bond motifs is 1. The van der Waals surface area contributed by atoms with Crippen molar-refractivity contribution in [1.29, 1.82) is 0 Å². The van der Waals surface area contributed by atoms with Crippen molar-refractivity contribution in [2.75, 3.05) is 0 Å². The number of thiophene rings is 1. The Balaban J connectivity index is 0.000000405. The Morgan fingerprint density at radius 3 is 2.14 bits per heavy atom. The monoisotopic (exact) mass is 523 g/mol. The second-order valence-electron chi connectivity index (χ2n) is 8.31. The molecule has 0 spiro atoms. The quantitative estimate of drug-likeness (QED) is 0.220. The highest BCUT2D eigenvalue weighted by Crippen LogP contribution is 2.34. The minimum atomic E-state index is -5.08. The molecule has 0 aliphatic carbocycles. The molecule has 0 fully saturated rings. The van der Waals surface area contributed by atoms with Gasteiger partial charge in [0.05, 0.1) is 15.9 Å². The fourth-order valence-electron chi connectivity index (χ4n) is 3.65. The lowest BCUT2D eigenvalue weighted by atomic mass is 10.1. The predicted molar refractivity (Wildman–Crippen MR) is 140 cm³/mol. The van der Waals surface area contributed by atoms with Crippen molar-refractivity contribution in [1.82, 2.24) is 15.3 Å². The maximum atomic E-state index is 10.6. The normalized spacial score (nSPS) is 11.2. The van der Waals surface area contributed by atoms with Crippen molar-refractivity contribution in [3.05, 3.63) is 102 Å². The Bertz CT molecular complexity index is 1480. The first kappa shape index (κ1) is 26.1. The number of hydrogen-bond donors (Lipinski definition) is 3. The molecule has 0 saturated heterocycles. The molecule has 3 aromatic carbocycles. The SMILES string of the molecule is Cc1cccc2[nH]c(-c3ccc(-c4ccc(CNCc5ccccc5)cc4)s3)nc12.O=C(O)C(F)(F)F. The molecule has 0 radical (unpaired) electrons. The fraction of sp³-hybridized carbons (Fsp3) is 0.143. The van der Waals surface area contributed by atoms with E-state index in [4.69, 9.17) is 14.9 Å². The number of carboxylic acid groups (broad SMARTS) is 1. The Hall–Kier alpha value is -3.95. The molecule has 0 bridgehead atoms. The van der Waals surface area contributed by atoms with E-state index in [1.165, 1.54) is 27.1 Å². The van der Waals surface area contributed by atoms with Crippen molar-refractivity contribution < 1.29 is 23.1 Å². The van der Waals surface area contributed by atoms with E-state index in [1.807, 2.05) is 6.07 Å². The topological polar surface area (TPSA) is 78.0 Å². The number of rotatable bonds is 6. The summed E-state index contributed by atoms with van der Waals surface area (Å²) in [5, 5.41) is 10.6. The van der Waals surface area contributed by atoms with Crippen LogP contribution in [0.2, 0.25) is 0 Å². The van der Waals surface area contributed by atoms with E-state index in [-0.39, 0.29) is 0 Å². The Morgan fingerprint density at radius 1 is 0.892 bits per heavy atom. The van der Waals surface area contributed by atoms with Gasteiger partial charge in [-0.05, 0) is 47.4 Å². The molecule has 9 heteroatoms. The number of nitrogens with one attached hydrogen (secondary N) is 2. The van der Waals surface area contributed by atoms with Crippen molar-refractivity contribution in [3.8, 4) is 21.1 Å².